The summed E-state index contributed by atoms with van der Waals surface area (Å²) in [6, 6.07) is 19.1. The van der Waals surface area contributed by atoms with Crippen LogP contribution in [0.5, 0.6) is 23.0 Å². The van der Waals surface area contributed by atoms with Gasteiger partial charge in [-0.2, -0.15) is 0 Å². The topological polar surface area (TPSA) is 36.9 Å². The van der Waals surface area contributed by atoms with Gasteiger partial charge in [-0.25, -0.2) is 0 Å². The molecule has 0 aliphatic heterocycles. The smallest absolute Gasteiger partial charge is 0.126 e. The lowest BCUT2D eigenvalue weighted by Gasteiger charge is -2.29. The minimum atomic E-state index is -0.0815. The molecule has 0 N–H and O–H groups in total. The number of fused-ring (bicyclic) bond motifs is 8. The second-order valence-corrected chi connectivity index (χ2v) is 22.0. The third-order valence-electron chi connectivity index (χ3n) is 11.4. The molecule has 58 heavy (non-hydrogen) atoms. The second-order valence-electron chi connectivity index (χ2n) is 20.4. The Morgan fingerprint density at radius 1 is 0.379 bits per heavy atom. The van der Waals surface area contributed by atoms with Gasteiger partial charge in [0.05, 0.1) is 27.4 Å². The second kappa shape index (κ2) is 18.3. The molecule has 4 aromatic carbocycles. The summed E-state index contributed by atoms with van der Waals surface area (Å²) in [4.78, 5) is 0. The Kier molecular flexibility index (Phi) is 14.6. The molecule has 1 aliphatic rings. The number of alkyl halides is 2. The first-order valence-corrected chi connectivity index (χ1v) is 23.4. The third-order valence-corrected chi connectivity index (χ3v) is 12.5. The number of ether oxygens (including phenoxy) is 4. The molecule has 4 nitrogen and oxygen atoms in total. The first-order chi connectivity index (χ1) is 27.1. The van der Waals surface area contributed by atoms with Crippen LogP contribution in [0.4, 0.5) is 0 Å². The van der Waals surface area contributed by atoms with E-state index in [1.807, 2.05) is 14.2 Å². The van der Waals surface area contributed by atoms with Crippen molar-refractivity contribution in [1.29, 1.82) is 0 Å². The molecule has 0 unspecified atom stereocenters. The fourth-order valence-electron chi connectivity index (χ4n) is 7.97. The largest absolute Gasteiger partial charge is 0.496 e. The standard InChI is InChI=1S/C52H70Br2O4/c1-49(2,3)41-25-33-21-37-29-43(51(7,8)9)31-39(47(37)57-19-15-17-53)23-35-27-42(50(4,5)6)28-36(46(35)56-14)24-40-32-44(52(10,11)12)30-38(48(40)58-20-16-18-54)22-34(26-41)45(33)55-13/h25-32H,15-24H2,1-14H3. The van der Waals surface area contributed by atoms with Crippen LogP contribution in [0.1, 0.15) is 163 Å². The van der Waals surface area contributed by atoms with E-state index in [-0.39, 0.29) is 21.7 Å². The molecule has 1 aliphatic carbocycles. The monoisotopic (exact) mass is 916 g/mol. The number of rotatable bonds is 10. The average molecular weight is 919 g/mol. The van der Waals surface area contributed by atoms with Crippen LogP contribution in [0.2, 0.25) is 0 Å². The van der Waals surface area contributed by atoms with Gasteiger partial charge in [0.25, 0.3) is 0 Å². The van der Waals surface area contributed by atoms with E-state index in [4.69, 9.17) is 18.9 Å². The predicted molar refractivity (Wildman–Crippen MR) is 253 cm³/mol. The summed E-state index contributed by atoms with van der Waals surface area (Å²) in [6.45, 7) is 28.9. The molecular formula is C52H70Br2O4. The van der Waals surface area contributed by atoms with Crippen molar-refractivity contribution in [3.05, 3.63) is 115 Å². The summed E-state index contributed by atoms with van der Waals surface area (Å²) in [6.07, 6.45) is 4.52. The predicted octanol–water partition coefficient (Wildman–Crippen LogP) is 13.9. The normalized spacial score (nSPS) is 13.7. The molecule has 5 rings (SSSR count). The summed E-state index contributed by atoms with van der Waals surface area (Å²) < 4.78 is 26.8. The van der Waals surface area contributed by atoms with Gasteiger partial charge >= 0.3 is 0 Å². The molecule has 0 radical (unpaired) electrons. The Balaban J connectivity index is 1.98. The highest BCUT2D eigenvalue weighted by Gasteiger charge is 2.29. The lowest BCUT2D eigenvalue weighted by atomic mass is 9.79. The van der Waals surface area contributed by atoms with Crippen LogP contribution in [0.3, 0.4) is 0 Å². The summed E-state index contributed by atoms with van der Waals surface area (Å²) >= 11 is 7.32. The minimum absolute atomic E-state index is 0.0809. The Morgan fingerprint density at radius 2 is 0.586 bits per heavy atom. The van der Waals surface area contributed by atoms with E-state index in [0.29, 0.717) is 38.9 Å². The maximum absolute atomic E-state index is 6.92. The van der Waals surface area contributed by atoms with Crippen molar-refractivity contribution in [3.8, 4) is 23.0 Å². The first-order valence-electron chi connectivity index (χ1n) is 21.2. The van der Waals surface area contributed by atoms with Gasteiger partial charge in [0, 0.05) is 36.3 Å². The zero-order valence-corrected chi connectivity index (χ0v) is 41.3. The molecule has 0 spiro atoms. The van der Waals surface area contributed by atoms with Crippen LogP contribution < -0.4 is 18.9 Å². The highest BCUT2D eigenvalue weighted by atomic mass is 79.9. The zero-order chi connectivity index (χ0) is 42.8. The molecule has 0 saturated carbocycles. The number of methoxy groups -OCH3 is 2. The molecule has 0 fully saturated rings. The van der Waals surface area contributed by atoms with Crippen molar-refractivity contribution in [2.75, 3.05) is 38.1 Å². The molecule has 316 valence electrons. The Bertz CT molecular complexity index is 1820. The highest BCUT2D eigenvalue weighted by molar-refractivity contribution is 9.09. The van der Waals surface area contributed by atoms with E-state index < -0.39 is 0 Å². The molecule has 4 aromatic rings. The van der Waals surface area contributed by atoms with Crippen molar-refractivity contribution in [2.45, 2.75) is 143 Å². The minimum Gasteiger partial charge on any atom is -0.496 e. The van der Waals surface area contributed by atoms with Crippen molar-refractivity contribution >= 4 is 31.9 Å². The highest BCUT2D eigenvalue weighted by Crippen LogP contribution is 2.44. The van der Waals surface area contributed by atoms with Gasteiger partial charge in [-0.1, -0.05) is 163 Å². The van der Waals surface area contributed by atoms with Crippen LogP contribution in [0, 0.1) is 0 Å². The fraction of sp³-hybridized carbons (Fsp3) is 0.538. The van der Waals surface area contributed by atoms with Gasteiger partial charge in [0.15, 0.2) is 0 Å². The summed E-state index contributed by atoms with van der Waals surface area (Å²) in [7, 11) is 3.66. The van der Waals surface area contributed by atoms with Crippen LogP contribution in [0.25, 0.3) is 0 Å². The summed E-state index contributed by atoms with van der Waals surface area (Å²) in [5.74, 6) is 3.81. The number of benzene rings is 4. The Labute approximate surface area is 368 Å². The van der Waals surface area contributed by atoms with E-state index in [1.165, 1.54) is 66.8 Å². The van der Waals surface area contributed by atoms with Gasteiger partial charge in [0.2, 0.25) is 0 Å². The molecule has 8 bridgehead atoms. The number of hydrogen-bond donors (Lipinski definition) is 0. The molecule has 0 atom stereocenters. The van der Waals surface area contributed by atoms with E-state index in [0.717, 1.165) is 46.5 Å². The van der Waals surface area contributed by atoms with Gasteiger partial charge < -0.3 is 18.9 Å². The molecular weight excluding hydrogens is 848 g/mol. The molecule has 6 heteroatoms. The van der Waals surface area contributed by atoms with Crippen LogP contribution in [-0.2, 0) is 47.3 Å². The first kappa shape index (κ1) is 46.1. The van der Waals surface area contributed by atoms with Crippen molar-refractivity contribution in [1.82, 2.24) is 0 Å². The van der Waals surface area contributed by atoms with Crippen LogP contribution in [-0.4, -0.2) is 38.1 Å². The van der Waals surface area contributed by atoms with Crippen molar-refractivity contribution in [3.63, 3.8) is 0 Å². The summed E-state index contributed by atoms with van der Waals surface area (Å²) in [5.41, 5.74) is 14.2. The lowest BCUT2D eigenvalue weighted by Crippen LogP contribution is -2.17. The molecule has 0 amide bonds. The quantitative estimate of drug-likeness (QED) is 0.103. The van der Waals surface area contributed by atoms with Gasteiger partial charge in [-0.05, 0) is 101 Å². The van der Waals surface area contributed by atoms with E-state index in [9.17, 15) is 0 Å². The SMILES string of the molecule is COc1c2cc(C(C)(C)C)cc1Cc1cc(C(C)(C)C)cc(c1OCCCBr)Cc1cc(C(C)(C)C)cc(c1OC)Cc1cc(C(C)(C)C)cc(c1OCCCBr)C2. The number of halogens is 2. The van der Waals surface area contributed by atoms with Crippen molar-refractivity contribution < 1.29 is 18.9 Å². The zero-order valence-electron chi connectivity index (χ0n) is 38.1. The maximum Gasteiger partial charge on any atom is 0.126 e. The Morgan fingerprint density at radius 3 is 0.759 bits per heavy atom. The molecule has 0 aromatic heterocycles. The fourth-order valence-corrected chi connectivity index (χ4v) is 8.43. The van der Waals surface area contributed by atoms with E-state index in [2.05, 4.69) is 163 Å². The van der Waals surface area contributed by atoms with Gasteiger partial charge in [0.1, 0.15) is 23.0 Å². The molecule has 0 heterocycles. The van der Waals surface area contributed by atoms with Crippen molar-refractivity contribution in [2.24, 2.45) is 0 Å². The number of hydrogen-bond acceptors (Lipinski definition) is 4. The van der Waals surface area contributed by atoms with E-state index in [1.54, 1.807) is 0 Å². The van der Waals surface area contributed by atoms with Gasteiger partial charge in [-0.15, -0.1) is 0 Å². The van der Waals surface area contributed by atoms with E-state index >= 15 is 0 Å². The lowest BCUT2D eigenvalue weighted by molar-refractivity contribution is 0.312. The van der Waals surface area contributed by atoms with Crippen LogP contribution in [0.15, 0.2) is 48.5 Å². The maximum atomic E-state index is 6.92. The summed E-state index contributed by atoms with van der Waals surface area (Å²) in [5, 5.41) is 1.76. The third kappa shape index (κ3) is 10.9. The average Bonchev–Trinajstić information content (AvgIpc) is 3.11. The Hall–Kier alpha value is -2.96. The van der Waals surface area contributed by atoms with Gasteiger partial charge in [-0.3, -0.25) is 0 Å². The molecule has 0 saturated heterocycles. The van der Waals surface area contributed by atoms with Crippen LogP contribution >= 0.6 is 31.9 Å².